The average Bonchev–Trinajstić information content (AvgIpc) is 2.06. The molecule has 0 aliphatic heterocycles. The first kappa shape index (κ1) is 7.72. The maximum atomic E-state index is 10.2. The van der Waals surface area contributed by atoms with Crippen molar-refractivity contribution in [3.8, 4) is 0 Å². The van der Waals surface area contributed by atoms with Crippen molar-refractivity contribution in [1.82, 2.24) is 4.98 Å². The monoisotopic (exact) mass is 150 g/mol. The Bertz CT molecular complexity index is 223. The van der Waals surface area contributed by atoms with Crippen LogP contribution in [0.1, 0.15) is 6.92 Å². The number of rotatable bonds is 3. The fourth-order valence-electron chi connectivity index (χ4n) is 0.715. The van der Waals surface area contributed by atoms with E-state index in [0.717, 1.165) is 12.1 Å². The molecule has 1 heterocycles. The number of pyridine rings is 1. The second-order valence-corrected chi connectivity index (χ2v) is 2.28. The van der Waals surface area contributed by atoms with E-state index < -0.39 is 0 Å². The Kier molecular flexibility index (Phi) is 2.60. The largest absolute Gasteiger partial charge is 0.361 e. The van der Waals surface area contributed by atoms with Crippen LogP contribution >= 0.6 is 0 Å². The molecule has 0 saturated heterocycles. The van der Waals surface area contributed by atoms with Crippen molar-refractivity contribution in [2.24, 2.45) is 0 Å². The molecule has 11 heavy (non-hydrogen) atoms. The van der Waals surface area contributed by atoms with Gasteiger partial charge in [0.15, 0.2) is 0 Å². The van der Waals surface area contributed by atoms with Gasteiger partial charge in [0.2, 0.25) is 0 Å². The number of nitrogens with zero attached hydrogens (tertiary/aromatic N) is 1. The van der Waals surface area contributed by atoms with Crippen LogP contribution < -0.4 is 5.32 Å². The van der Waals surface area contributed by atoms with Crippen LogP contribution in [0.25, 0.3) is 0 Å². The highest BCUT2D eigenvalue weighted by molar-refractivity contribution is 5.62. The smallest absolute Gasteiger partial charge is 0.141 e. The molecule has 3 heteroatoms. The van der Waals surface area contributed by atoms with Gasteiger partial charge in [-0.1, -0.05) is 6.07 Å². The van der Waals surface area contributed by atoms with Crippen molar-refractivity contribution < 1.29 is 4.79 Å². The lowest BCUT2D eigenvalue weighted by molar-refractivity contribution is -0.108. The second kappa shape index (κ2) is 3.71. The number of aromatic nitrogens is 1. The molecule has 3 nitrogen and oxygen atoms in total. The Balaban J connectivity index is 2.57. The minimum absolute atomic E-state index is 0.176. The predicted octanol–water partition coefficient (Wildman–Crippen LogP) is 1.08. The first-order valence-electron chi connectivity index (χ1n) is 3.46. The molecule has 0 aliphatic carbocycles. The molecule has 1 aromatic heterocycles. The summed E-state index contributed by atoms with van der Waals surface area (Å²) in [5, 5.41) is 2.91. The Labute approximate surface area is 65.5 Å². The maximum absolute atomic E-state index is 10.2. The summed E-state index contributed by atoms with van der Waals surface area (Å²) < 4.78 is 0. The van der Waals surface area contributed by atoms with Gasteiger partial charge in [-0.25, -0.2) is 4.98 Å². The number of nitrogens with one attached hydrogen (secondary N) is 1. The zero-order chi connectivity index (χ0) is 8.10. The van der Waals surface area contributed by atoms with E-state index in [2.05, 4.69) is 10.3 Å². The topological polar surface area (TPSA) is 42.0 Å². The van der Waals surface area contributed by atoms with Crippen LogP contribution in [0.2, 0.25) is 0 Å². The van der Waals surface area contributed by atoms with E-state index in [1.165, 1.54) is 0 Å². The van der Waals surface area contributed by atoms with E-state index in [1.54, 1.807) is 13.1 Å². The van der Waals surface area contributed by atoms with Gasteiger partial charge in [-0.2, -0.15) is 0 Å². The molecular weight excluding hydrogens is 140 g/mol. The molecule has 1 atom stereocenters. The number of aldehydes is 1. The van der Waals surface area contributed by atoms with Crippen LogP contribution in [0.3, 0.4) is 0 Å². The highest BCUT2D eigenvalue weighted by Gasteiger charge is 1.97. The third kappa shape index (κ3) is 2.37. The summed E-state index contributed by atoms with van der Waals surface area (Å²) in [6.45, 7) is 1.78. The fourth-order valence-corrected chi connectivity index (χ4v) is 0.715. The Morgan fingerprint density at radius 3 is 3.00 bits per heavy atom. The highest BCUT2D eigenvalue weighted by Crippen LogP contribution is 2.00. The van der Waals surface area contributed by atoms with Crippen LogP contribution in [0.5, 0.6) is 0 Å². The summed E-state index contributed by atoms with van der Waals surface area (Å²) in [7, 11) is 0. The number of anilines is 1. The highest BCUT2D eigenvalue weighted by atomic mass is 16.1. The van der Waals surface area contributed by atoms with Crippen molar-refractivity contribution in [3.63, 3.8) is 0 Å². The molecule has 0 fully saturated rings. The molecular formula is C8H10N2O. The molecule has 0 amide bonds. The minimum atomic E-state index is -0.176. The van der Waals surface area contributed by atoms with E-state index in [-0.39, 0.29) is 6.04 Å². The van der Waals surface area contributed by atoms with Crippen LogP contribution in [0.4, 0.5) is 5.82 Å². The van der Waals surface area contributed by atoms with Crippen molar-refractivity contribution in [1.29, 1.82) is 0 Å². The van der Waals surface area contributed by atoms with Crippen molar-refractivity contribution >= 4 is 12.1 Å². The summed E-state index contributed by atoms with van der Waals surface area (Å²) in [5.74, 6) is 0.729. The van der Waals surface area contributed by atoms with Crippen molar-refractivity contribution in [2.75, 3.05) is 5.32 Å². The Hall–Kier alpha value is -1.38. The molecule has 58 valence electrons. The molecule has 0 bridgehead atoms. The number of hydrogen-bond acceptors (Lipinski definition) is 3. The van der Waals surface area contributed by atoms with E-state index in [1.807, 2.05) is 18.2 Å². The minimum Gasteiger partial charge on any atom is -0.361 e. The number of hydrogen-bond donors (Lipinski definition) is 1. The van der Waals surface area contributed by atoms with E-state index in [0.29, 0.717) is 0 Å². The van der Waals surface area contributed by atoms with E-state index >= 15 is 0 Å². The van der Waals surface area contributed by atoms with Crippen molar-refractivity contribution in [2.45, 2.75) is 13.0 Å². The maximum Gasteiger partial charge on any atom is 0.141 e. The molecule has 0 radical (unpaired) electrons. The van der Waals surface area contributed by atoms with Gasteiger partial charge in [0.1, 0.15) is 12.1 Å². The van der Waals surface area contributed by atoms with Gasteiger partial charge < -0.3 is 10.1 Å². The lowest BCUT2D eigenvalue weighted by Gasteiger charge is -2.05. The van der Waals surface area contributed by atoms with Gasteiger partial charge in [0.05, 0.1) is 6.04 Å². The number of carbonyl (C=O) groups excluding carboxylic acids is 1. The lowest BCUT2D eigenvalue weighted by atomic mass is 10.3. The van der Waals surface area contributed by atoms with Gasteiger partial charge in [-0.05, 0) is 19.1 Å². The summed E-state index contributed by atoms with van der Waals surface area (Å²) >= 11 is 0. The normalized spacial score (nSPS) is 12.1. The molecule has 0 saturated carbocycles. The zero-order valence-corrected chi connectivity index (χ0v) is 6.32. The first-order valence-corrected chi connectivity index (χ1v) is 3.46. The Morgan fingerprint density at radius 2 is 2.45 bits per heavy atom. The second-order valence-electron chi connectivity index (χ2n) is 2.28. The van der Waals surface area contributed by atoms with Crippen LogP contribution in [0.15, 0.2) is 24.4 Å². The first-order chi connectivity index (χ1) is 5.33. The third-order valence-electron chi connectivity index (χ3n) is 1.24. The van der Waals surface area contributed by atoms with Gasteiger partial charge >= 0.3 is 0 Å². The van der Waals surface area contributed by atoms with Gasteiger partial charge in [0, 0.05) is 6.20 Å². The van der Waals surface area contributed by atoms with Crippen LogP contribution in [-0.2, 0) is 4.79 Å². The molecule has 1 aromatic rings. The summed E-state index contributed by atoms with van der Waals surface area (Å²) in [6, 6.07) is 5.34. The number of carbonyl (C=O) groups is 1. The molecule has 0 unspecified atom stereocenters. The summed E-state index contributed by atoms with van der Waals surface area (Å²) in [4.78, 5) is 14.2. The quantitative estimate of drug-likeness (QED) is 0.655. The SMILES string of the molecule is C[C@H](C=O)Nc1ccccn1. The average molecular weight is 150 g/mol. The lowest BCUT2D eigenvalue weighted by Crippen LogP contribution is -2.16. The predicted molar refractivity (Wildman–Crippen MR) is 43.4 cm³/mol. The summed E-state index contributed by atoms with van der Waals surface area (Å²) in [6.07, 6.45) is 2.52. The third-order valence-corrected chi connectivity index (χ3v) is 1.24. The standard InChI is InChI=1S/C8H10N2O/c1-7(6-11)10-8-4-2-3-5-9-8/h2-7H,1H3,(H,9,10)/t7-/m1/s1. The van der Waals surface area contributed by atoms with E-state index in [9.17, 15) is 4.79 Å². The molecule has 0 aliphatic rings. The van der Waals surface area contributed by atoms with Crippen LogP contribution in [-0.4, -0.2) is 17.3 Å². The molecule has 0 spiro atoms. The Morgan fingerprint density at radius 1 is 1.64 bits per heavy atom. The molecule has 1 N–H and O–H groups in total. The van der Waals surface area contributed by atoms with Crippen LogP contribution in [0, 0.1) is 0 Å². The fraction of sp³-hybridized carbons (Fsp3) is 0.250. The zero-order valence-electron chi connectivity index (χ0n) is 6.32. The van der Waals surface area contributed by atoms with Gasteiger partial charge in [-0.3, -0.25) is 0 Å². The summed E-state index contributed by atoms with van der Waals surface area (Å²) in [5.41, 5.74) is 0. The molecule has 1 rings (SSSR count). The van der Waals surface area contributed by atoms with Gasteiger partial charge in [-0.15, -0.1) is 0 Å². The van der Waals surface area contributed by atoms with Gasteiger partial charge in [0.25, 0.3) is 0 Å². The molecule has 0 aromatic carbocycles. The van der Waals surface area contributed by atoms with Crippen molar-refractivity contribution in [3.05, 3.63) is 24.4 Å². The van der Waals surface area contributed by atoms with E-state index in [4.69, 9.17) is 0 Å².